The molecule has 5 nitrogen and oxygen atoms in total. The van der Waals surface area contributed by atoms with E-state index in [1.54, 1.807) is 4.31 Å². The van der Waals surface area contributed by atoms with Gasteiger partial charge in [-0.05, 0) is 24.5 Å². The van der Waals surface area contributed by atoms with Crippen LogP contribution in [0.5, 0.6) is 0 Å². The van der Waals surface area contributed by atoms with Gasteiger partial charge in [0.05, 0.1) is 12.3 Å². The molecule has 1 spiro atoms. The van der Waals surface area contributed by atoms with Crippen LogP contribution in [0.1, 0.15) is 24.4 Å². The molecule has 0 saturated carbocycles. The van der Waals surface area contributed by atoms with Crippen molar-refractivity contribution in [2.45, 2.75) is 23.8 Å². The highest BCUT2D eigenvalue weighted by Gasteiger charge is 2.57. The van der Waals surface area contributed by atoms with E-state index >= 15 is 0 Å². The first-order valence-electron chi connectivity index (χ1n) is 7.80. The van der Waals surface area contributed by atoms with Crippen molar-refractivity contribution in [3.05, 3.63) is 54.5 Å². The second-order valence-electron chi connectivity index (χ2n) is 6.30. The molecule has 4 rings (SSSR count). The Morgan fingerprint density at radius 2 is 1.83 bits per heavy atom. The van der Waals surface area contributed by atoms with E-state index in [1.807, 2.05) is 30.3 Å². The van der Waals surface area contributed by atoms with Crippen LogP contribution in [0.4, 0.5) is 0 Å². The zero-order valence-electron chi connectivity index (χ0n) is 12.7. The van der Waals surface area contributed by atoms with Gasteiger partial charge in [-0.1, -0.05) is 30.3 Å². The molecule has 0 N–H and O–H groups in total. The van der Waals surface area contributed by atoms with Crippen molar-refractivity contribution in [2.24, 2.45) is 5.41 Å². The van der Waals surface area contributed by atoms with Crippen LogP contribution in [-0.4, -0.2) is 32.5 Å². The molecule has 1 atom stereocenters. The Morgan fingerprint density at radius 1 is 1.09 bits per heavy atom. The second kappa shape index (κ2) is 5.47. The summed E-state index contributed by atoms with van der Waals surface area (Å²) in [5.74, 6) is 0. The van der Waals surface area contributed by atoms with E-state index in [0.29, 0.717) is 19.8 Å². The minimum Gasteiger partial charge on any atom is -0.471 e. The highest BCUT2D eigenvalue weighted by Crippen LogP contribution is 2.56. The van der Waals surface area contributed by atoms with Crippen LogP contribution in [0.2, 0.25) is 0 Å². The lowest BCUT2D eigenvalue weighted by molar-refractivity contribution is -0.0952. The normalized spacial score (nSPS) is 24.4. The second-order valence-corrected chi connectivity index (χ2v) is 8.19. The molecule has 2 aromatic rings. The van der Waals surface area contributed by atoms with Crippen LogP contribution in [0.3, 0.4) is 0 Å². The standard InChI is InChI=1S/C17H19NO4S/c19-23(20,15-6-9-22-12-15)18-13-17(7-10-21-11-8-17)16(18)14-4-2-1-3-5-14/h1-6,9,12,16H,7-8,10-11,13H2. The summed E-state index contributed by atoms with van der Waals surface area (Å²) >= 11 is 0. The molecular formula is C17H19NO4S. The summed E-state index contributed by atoms with van der Waals surface area (Å²) in [5.41, 5.74) is 1.03. The van der Waals surface area contributed by atoms with E-state index in [9.17, 15) is 8.42 Å². The molecule has 1 unspecified atom stereocenters. The van der Waals surface area contributed by atoms with E-state index in [1.165, 1.54) is 18.6 Å². The van der Waals surface area contributed by atoms with Crippen molar-refractivity contribution in [3.8, 4) is 0 Å². The van der Waals surface area contributed by atoms with Crippen LogP contribution in [-0.2, 0) is 14.8 Å². The summed E-state index contributed by atoms with van der Waals surface area (Å²) in [4.78, 5) is 0.223. The van der Waals surface area contributed by atoms with Gasteiger partial charge in [-0.2, -0.15) is 4.31 Å². The molecule has 3 heterocycles. The average molecular weight is 333 g/mol. The number of nitrogens with zero attached hydrogens (tertiary/aromatic N) is 1. The van der Waals surface area contributed by atoms with Crippen molar-refractivity contribution in [1.82, 2.24) is 4.31 Å². The van der Waals surface area contributed by atoms with Gasteiger partial charge in [0.25, 0.3) is 0 Å². The lowest BCUT2D eigenvalue weighted by Crippen LogP contribution is -2.62. The largest absolute Gasteiger partial charge is 0.471 e. The van der Waals surface area contributed by atoms with Crippen LogP contribution in [0.15, 0.2) is 58.2 Å². The van der Waals surface area contributed by atoms with Gasteiger partial charge in [0.15, 0.2) is 0 Å². The fourth-order valence-corrected chi connectivity index (χ4v) is 5.53. The van der Waals surface area contributed by atoms with Gasteiger partial charge >= 0.3 is 0 Å². The van der Waals surface area contributed by atoms with Crippen LogP contribution >= 0.6 is 0 Å². The molecule has 122 valence electrons. The molecule has 2 aliphatic rings. The Bertz CT molecular complexity index is 764. The van der Waals surface area contributed by atoms with Crippen molar-refractivity contribution in [3.63, 3.8) is 0 Å². The SMILES string of the molecule is O=S(=O)(c1ccoc1)N1CC2(CCOCC2)C1c1ccccc1. The molecule has 1 aromatic heterocycles. The van der Waals surface area contributed by atoms with Gasteiger partial charge in [0.1, 0.15) is 11.2 Å². The molecule has 2 aliphatic heterocycles. The zero-order valence-corrected chi connectivity index (χ0v) is 13.5. The number of hydrogen-bond donors (Lipinski definition) is 0. The molecule has 0 bridgehead atoms. The first kappa shape index (κ1) is 14.9. The topological polar surface area (TPSA) is 59.8 Å². The maximum Gasteiger partial charge on any atom is 0.246 e. The summed E-state index contributed by atoms with van der Waals surface area (Å²) in [6.45, 7) is 1.94. The predicted octanol–water partition coefficient (Wildman–Crippen LogP) is 2.82. The Kier molecular flexibility index (Phi) is 3.55. The minimum absolute atomic E-state index is 0.0175. The van der Waals surface area contributed by atoms with Crippen LogP contribution < -0.4 is 0 Å². The summed E-state index contributed by atoms with van der Waals surface area (Å²) < 4.78 is 37.9. The Morgan fingerprint density at radius 3 is 2.48 bits per heavy atom. The molecule has 23 heavy (non-hydrogen) atoms. The lowest BCUT2D eigenvalue weighted by atomic mass is 9.65. The molecular weight excluding hydrogens is 314 g/mol. The summed E-state index contributed by atoms with van der Waals surface area (Å²) in [6.07, 6.45) is 4.48. The third-order valence-electron chi connectivity index (χ3n) is 5.04. The lowest BCUT2D eigenvalue weighted by Gasteiger charge is -2.58. The maximum atomic E-state index is 12.9. The summed E-state index contributed by atoms with van der Waals surface area (Å²) in [6, 6.07) is 11.3. The number of sulfonamides is 1. The van der Waals surface area contributed by atoms with Crippen molar-refractivity contribution in [1.29, 1.82) is 0 Å². The highest BCUT2D eigenvalue weighted by atomic mass is 32.2. The number of ether oxygens (including phenoxy) is 1. The Balaban J connectivity index is 1.74. The van der Waals surface area contributed by atoms with Crippen molar-refractivity contribution >= 4 is 10.0 Å². The smallest absolute Gasteiger partial charge is 0.246 e. The number of benzene rings is 1. The number of rotatable bonds is 3. The van der Waals surface area contributed by atoms with Crippen molar-refractivity contribution in [2.75, 3.05) is 19.8 Å². The fourth-order valence-electron chi connectivity index (χ4n) is 3.80. The van der Waals surface area contributed by atoms with Crippen LogP contribution in [0.25, 0.3) is 0 Å². The third kappa shape index (κ3) is 2.33. The average Bonchev–Trinajstić information content (AvgIpc) is 3.10. The predicted molar refractivity (Wildman–Crippen MR) is 84.3 cm³/mol. The first-order valence-corrected chi connectivity index (χ1v) is 9.24. The molecule has 2 fully saturated rings. The van der Waals surface area contributed by atoms with E-state index < -0.39 is 10.0 Å². The number of hydrogen-bond acceptors (Lipinski definition) is 4. The molecule has 6 heteroatoms. The van der Waals surface area contributed by atoms with Crippen molar-refractivity contribution < 1.29 is 17.6 Å². The van der Waals surface area contributed by atoms with E-state index in [2.05, 4.69) is 0 Å². The summed E-state index contributed by atoms with van der Waals surface area (Å²) in [7, 11) is -3.53. The van der Waals surface area contributed by atoms with E-state index in [4.69, 9.17) is 9.15 Å². The van der Waals surface area contributed by atoms with Gasteiger partial charge < -0.3 is 9.15 Å². The van der Waals surface area contributed by atoms with Gasteiger partial charge in [-0.25, -0.2) is 8.42 Å². The van der Waals surface area contributed by atoms with Crippen LogP contribution in [0, 0.1) is 5.41 Å². The molecule has 2 saturated heterocycles. The van der Waals surface area contributed by atoms with E-state index in [0.717, 1.165) is 18.4 Å². The monoisotopic (exact) mass is 333 g/mol. The minimum atomic E-state index is -3.53. The van der Waals surface area contributed by atoms with Gasteiger partial charge in [0, 0.05) is 25.2 Å². The van der Waals surface area contributed by atoms with Gasteiger partial charge in [0.2, 0.25) is 10.0 Å². The first-order chi connectivity index (χ1) is 11.1. The fraction of sp³-hybridized carbons (Fsp3) is 0.412. The third-order valence-corrected chi connectivity index (χ3v) is 6.83. The molecule has 0 aliphatic carbocycles. The Labute approximate surface area is 135 Å². The van der Waals surface area contributed by atoms with E-state index in [-0.39, 0.29) is 16.4 Å². The Hall–Kier alpha value is -1.63. The maximum absolute atomic E-state index is 12.9. The van der Waals surface area contributed by atoms with Gasteiger partial charge in [-0.15, -0.1) is 0 Å². The number of furan rings is 1. The molecule has 0 amide bonds. The quantitative estimate of drug-likeness (QED) is 0.866. The van der Waals surface area contributed by atoms with Gasteiger partial charge in [-0.3, -0.25) is 0 Å². The molecule has 0 radical (unpaired) electrons. The molecule has 1 aromatic carbocycles. The zero-order chi connectivity index (χ0) is 15.9. The highest BCUT2D eigenvalue weighted by molar-refractivity contribution is 7.89. The summed E-state index contributed by atoms with van der Waals surface area (Å²) in [5, 5.41) is 0.